The van der Waals surface area contributed by atoms with E-state index in [9.17, 15) is 9.59 Å². The number of urea groups is 1. The summed E-state index contributed by atoms with van der Waals surface area (Å²) in [7, 11) is 1.86. The molecule has 194 valence electrons. The monoisotopic (exact) mass is 530 g/mol. The fraction of sp³-hybridized carbons (Fsp3) is 0.500. The van der Waals surface area contributed by atoms with E-state index in [1.807, 2.05) is 61.3 Å². The highest BCUT2D eigenvalue weighted by Gasteiger charge is 2.30. The number of rotatable bonds is 8. The Morgan fingerprint density at radius 2 is 1.81 bits per heavy atom. The molecule has 0 aromatic heterocycles. The Kier molecular flexibility index (Phi) is 9.15. The molecule has 2 aromatic rings. The van der Waals surface area contributed by atoms with Gasteiger partial charge in [0.2, 0.25) is 0 Å². The minimum atomic E-state index is 0.0145. The molecule has 0 spiro atoms. The maximum atomic E-state index is 13.1. The number of piperidine rings is 1. The van der Waals surface area contributed by atoms with E-state index < -0.39 is 0 Å². The number of likely N-dealkylation sites (tertiary alicyclic amines) is 1. The average Bonchev–Trinajstić information content (AvgIpc) is 2.89. The van der Waals surface area contributed by atoms with Gasteiger partial charge in [0.25, 0.3) is 5.91 Å². The zero-order valence-electron chi connectivity index (χ0n) is 21.2. The Morgan fingerprint density at radius 3 is 2.47 bits per heavy atom. The van der Waals surface area contributed by atoms with Gasteiger partial charge in [0.1, 0.15) is 0 Å². The quantitative estimate of drug-likeness (QED) is 0.495. The second-order valence-electron chi connectivity index (χ2n) is 10.1. The van der Waals surface area contributed by atoms with Crippen molar-refractivity contribution in [3.05, 3.63) is 69.2 Å². The SMILES string of the molecule is Cc1ccc(C(=O)N(C)CC(CCN2CCC(N3CCCNC3=O)CC2)c2ccc(Cl)c(Cl)c2)cc1. The van der Waals surface area contributed by atoms with Crippen LogP contribution in [0.1, 0.15) is 53.1 Å². The third-order valence-electron chi connectivity index (χ3n) is 7.46. The maximum Gasteiger partial charge on any atom is 0.317 e. The predicted octanol–water partition coefficient (Wildman–Crippen LogP) is 5.43. The van der Waals surface area contributed by atoms with E-state index in [0.29, 0.717) is 28.2 Å². The molecule has 2 aliphatic heterocycles. The maximum absolute atomic E-state index is 13.1. The van der Waals surface area contributed by atoms with E-state index in [2.05, 4.69) is 10.2 Å². The van der Waals surface area contributed by atoms with Crippen molar-refractivity contribution < 1.29 is 9.59 Å². The van der Waals surface area contributed by atoms with E-state index in [-0.39, 0.29) is 17.9 Å². The highest BCUT2D eigenvalue weighted by atomic mass is 35.5. The molecule has 1 N–H and O–H groups in total. The van der Waals surface area contributed by atoms with Gasteiger partial charge in [0.05, 0.1) is 10.0 Å². The van der Waals surface area contributed by atoms with Crippen LogP contribution in [0.15, 0.2) is 42.5 Å². The molecule has 3 amide bonds. The van der Waals surface area contributed by atoms with Crippen molar-refractivity contribution in [1.82, 2.24) is 20.0 Å². The lowest BCUT2D eigenvalue weighted by atomic mass is 9.93. The van der Waals surface area contributed by atoms with Crippen molar-refractivity contribution in [1.29, 1.82) is 0 Å². The summed E-state index contributed by atoms with van der Waals surface area (Å²) in [6.45, 7) is 7.12. The summed E-state index contributed by atoms with van der Waals surface area (Å²) in [5, 5.41) is 4.04. The van der Waals surface area contributed by atoms with Gasteiger partial charge in [-0.2, -0.15) is 0 Å². The highest BCUT2D eigenvalue weighted by molar-refractivity contribution is 6.42. The molecule has 0 saturated carbocycles. The van der Waals surface area contributed by atoms with Gasteiger partial charge >= 0.3 is 6.03 Å². The van der Waals surface area contributed by atoms with E-state index in [4.69, 9.17) is 23.2 Å². The van der Waals surface area contributed by atoms with Crippen LogP contribution in [0.4, 0.5) is 4.79 Å². The second kappa shape index (κ2) is 12.3. The van der Waals surface area contributed by atoms with Crippen LogP contribution >= 0.6 is 23.2 Å². The summed E-state index contributed by atoms with van der Waals surface area (Å²) >= 11 is 12.5. The smallest absolute Gasteiger partial charge is 0.317 e. The summed E-state index contributed by atoms with van der Waals surface area (Å²) in [5.74, 6) is 0.144. The van der Waals surface area contributed by atoms with Crippen LogP contribution in [-0.4, -0.2) is 79.0 Å². The Morgan fingerprint density at radius 1 is 1.08 bits per heavy atom. The van der Waals surface area contributed by atoms with E-state index >= 15 is 0 Å². The van der Waals surface area contributed by atoms with Crippen LogP contribution in [-0.2, 0) is 0 Å². The van der Waals surface area contributed by atoms with Crippen LogP contribution in [0.5, 0.6) is 0 Å². The number of hydrogen-bond acceptors (Lipinski definition) is 3. The molecule has 0 bridgehead atoms. The van der Waals surface area contributed by atoms with Gasteiger partial charge in [-0.25, -0.2) is 4.79 Å². The standard InChI is InChI=1S/C28H36Cl2N4O2/c1-20-4-6-21(7-5-20)27(35)32(2)19-23(22-8-9-25(29)26(30)18-22)10-15-33-16-11-24(12-17-33)34-14-3-13-31-28(34)36/h4-9,18,23-24H,3,10-17,19H2,1-2H3,(H,31,36). The number of nitrogens with one attached hydrogen (secondary N) is 1. The van der Waals surface area contributed by atoms with Crippen molar-refractivity contribution in [2.75, 3.05) is 46.3 Å². The van der Waals surface area contributed by atoms with Gasteiger partial charge in [-0.05, 0) is 69.0 Å². The topological polar surface area (TPSA) is 55.9 Å². The summed E-state index contributed by atoms with van der Waals surface area (Å²) in [5.41, 5.74) is 2.92. The fourth-order valence-corrected chi connectivity index (χ4v) is 5.56. The van der Waals surface area contributed by atoms with Crippen molar-refractivity contribution in [3.63, 3.8) is 0 Å². The van der Waals surface area contributed by atoms with Gasteiger partial charge < -0.3 is 20.0 Å². The molecule has 2 aromatic carbocycles. The van der Waals surface area contributed by atoms with Crippen LogP contribution in [0, 0.1) is 6.92 Å². The summed E-state index contributed by atoms with van der Waals surface area (Å²) in [6.07, 6.45) is 3.91. The number of nitrogens with zero attached hydrogens (tertiary/aromatic N) is 3. The molecule has 2 aliphatic rings. The van der Waals surface area contributed by atoms with Crippen molar-refractivity contribution >= 4 is 35.1 Å². The Balaban J connectivity index is 1.38. The minimum Gasteiger partial charge on any atom is -0.341 e. The van der Waals surface area contributed by atoms with E-state index in [1.54, 1.807) is 4.90 Å². The lowest BCUT2D eigenvalue weighted by Crippen LogP contribution is -2.54. The molecule has 0 aliphatic carbocycles. The minimum absolute atomic E-state index is 0.0145. The molecule has 0 radical (unpaired) electrons. The largest absolute Gasteiger partial charge is 0.341 e. The van der Waals surface area contributed by atoms with E-state index in [0.717, 1.165) is 69.5 Å². The van der Waals surface area contributed by atoms with Gasteiger partial charge in [-0.15, -0.1) is 0 Å². The van der Waals surface area contributed by atoms with Crippen LogP contribution < -0.4 is 5.32 Å². The van der Waals surface area contributed by atoms with Crippen molar-refractivity contribution in [2.24, 2.45) is 0 Å². The molecular weight excluding hydrogens is 495 g/mol. The van der Waals surface area contributed by atoms with Crippen LogP contribution in [0.25, 0.3) is 0 Å². The molecule has 2 heterocycles. The molecule has 4 rings (SSSR count). The Labute approximate surface area is 224 Å². The zero-order valence-corrected chi connectivity index (χ0v) is 22.7. The molecule has 36 heavy (non-hydrogen) atoms. The first-order valence-corrected chi connectivity index (χ1v) is 13.6. The first kappa shape index (κ1) is 26.8. The predicted molar refractivity (Wildman–Crippen MR) is 146 cm³/mol. The van der Waals surface area contributed by atoms with Gasteiger partial charge in [0, 0.05) is 57.3 Å². The van der Waals surface area contributed by atoms with Gasteiger partial charge in [-0.1, -0.05) is 47.0 Å². The number of halogens is 2. The third-order valence-corrected chi connectivity index (χ3v) is 8.20. The lowest BCUT2D eigenvalue weighted by Gasteiger charge is -2.40. The summed E-state index contributed by atoms with van der Waals surface area (Å²) in [6, 6.07) is 13.9. The fourth-order valence-electron chi connectivity index (χ4n) is 5.25. The first-order valence-electron chi connectivity index (χ1n) is 12.9. The molecule has 1 unspecified atom stereocenters. The van der Waals surface area contributed by atoms with Crippen molar-refractivity contribution in [3.8, 4) is 0 Å². The van der Waals surface area contributed by atoms with Crippen molar-refractivity contribution in [2.45, 2.75) is 44.6 Å². The molecule has 6 nitrogen and oxygen atoms in total. The lowest BCUT2D eigenvalue weighted by molar-refractivity contribution is 0.0778. The molecule has 1 atom stereocenters. The number of hydrogen-bond donors (Lipinski definition) is 1. The van der Waals surface area contributed by atoms with Crippen LogP contribution in [0.2, 0.25) is 10.0 Å². The van der Waals surface area contributed by atoms with Gasteiger partial charge in [-0.3, -0.25) is 4.79 Å². The second-order valence-corrected chi connectivity index (χ2v) is 10.9. The normalized spacial score (nSPS) is 18.1. The number of amides is 3. The first-order chi connectivity index (χ1) is 17.3. The zero-order chi connectivity index (χ0) is 25.7. The molecule has 8 heteroatoms. The van der Waals surface area contributed by atoms with Crippen LogP contribution in [0.3, 0.4) is 0 Å². The molecule has 2 saturated heterocycles. The molecule has 2 fully saturated rings. The van der Waals surface area contributed by atoms with Gasteiger partial charge in [0.15, 0.2) is 0 Å². The highest BCUT2D eigenvalue weighted by Crippen LogP contribution is 2.30. The van der Waals surface area contributed by atoms with E-state index in [1.165, 1.54) is 0 Å². The number of carbonyl (C=O) groups excluding carboxylic acids is 2. The summed E-state index contributed by atoms with van der Waals surface area (Å²) in [4.78, 5) is 31.6. The Hall–Kier alpha value is -2.28. The number of benzene rings is 2. The number of aryl methyl sites for hydroxylation is 1. The third kappa shape index (κ3) is 6.72. The Bertz CT molecular complexity index is 1050. The molecular formula is C28H36Cl2N4O2. The number of likely N-dealkylation sites (N-methyl/N-ethyl adjacent to an activating group) is 1. The average molecular weight is 532 g/mol. The summed E-state index contributed by atoms with van der Waals surface area (Å²) < 4.78 is 0. The number of carbonyl (C=O) groups is 2.